The smallest absolute Gasteiger partial charge is 0.277 e. The first kappa shape index (κ1) is 14.5. The van der Waals surface area contributed by atoms with Crippen LogP contribution in [0.5, 0.6) is 0 Å². The number of hydrogen-bond acceptors (Lipinski definition) is 6. The van der Waals surface area contributed by atoms with Gasteiger partial charge >= 0.3 is 0 Å². The minimum absolute atomic E-state index is 0.0536. The Balaban J connectivity index is 2.43. The summed E-state index contributed by atoms with van der Waals surface area (Å²) in [6, 6.07) is -0.664. The predicted molar refractivity (Wildman–Crippen MR) is 65.7 cm³/mol. The molecule has 1 atom stereocenters. The van der Waals surface area contributed by atoms with Gasteiger partial charge in [0.15, 0.2) is 0 Å². The van der Waals surface area contributed by atoms with E-state index in [4.69, 9.17) is 10.2 Å². The number of carbonyl (C=O) groups excluding carboxylic acids is 2. The van der Waals surface area contributed by atoms with Gasteiger partial charge in [-0.3, -0.25) is 9.59 Å². The van der Waals surface area contributed by atoms with Gasteiger partial charge in [-0.1, -0.05) is 25.6 Å². The van der Waals surface area contributed by atoms with Gasteiger partial charge in [0.1, 0.15) is 6.04 Å². The van der Waals surface area contributed by atoms with Crippen LogP contribution in [-0.4, -0.2) is 33.8 Å². The zero-order chi connectivity index (χ0) is 13.7. The number of aromatic nitrogens is 2. The standard InChI is InChI=1S/C10H16N4O3S/c1-5(2)8(9(11)16)12-7(15)4-18-10-14-13-6(3)17-10/h5,8H,4H2,1-3H3,(H2,11,16)(H,12,15)/t8-/m0/s1. The Morgan fingerprint density at radius 1 is 1.44 bits per heavy atom. The van der Waals surface area contributed by atoms with E-state index < -0.39 is 11.9 Å². The van der Waals surface area contributed by atoms with E-state index in [-0.39, 0.29) is 17.6 Å². The fourth-order valence-electron chi connectivity index (χ4n) is 1.25. The molecule has 0 aromatic carbocycles. The number of primary amides is 1. The third-order valence-corrected chi connectivity index (χ3v) is 2.94. The minimum atomic E-state index is -0.664. The quantitative estimate of drug-likeness (QED) is 0.710. The molecule has 1 aromatic heterocycles. The molecule has 0 spiro atoms. The Labute approximate surface area is 109 Å². The Morgan fingerprint density at radius 2 is 2.11 bits per heavy atom. The van der Waals surface area contributed by atoms with Gasteiger partial charge in [0.25, 0.3) is 5.22 Å². The third-order valence-electron chi connectivity index (χ3n) is 2.12. The summed E-state index contributed by atoms with van der Waals surface area (Å²) in [4.78, 5) is 22.7. The van der Waals surface area contributed by atoms with Crippen LogP contribution in [-0.2, 0) is 9.59 Å². The topological polar surface area (TPSA) is 111 Å². The lowest BCUT2D eigenvalue weighted by Gasteiger charge is -2.18. The largest absolute Gasteiger partial charge is 0.416 e. The number of hydrogen-bond donors (Lipinski definition) is 2. The molecule has 0 aliphatic rings. The van der Waals surface area contributed by atoms with E-state index in [0.29, 0.717) is 11.1 Å². The number of aryl methyl sites for hydroxylation is 1. The molecule has 0 unspecified atom stereocenters. The molecule has 0 saturated carbocycles. The van der Waals surface area contributed by atoms with Crippen LogP contribution in [0, 0.1) is 12.8 Å². The molecule has 1 heterocycles. The lowest BCUT2D eigenvalue weighted by atomic mass is 10.0. The van der Waals surface area contributed by atoms with Crippen molar-refractivity contribution in [2.45, 2.75) is 32.0 Å². The van der Waals surface area contributed by atoms with Gasteiger partial charge in [-0.15, -0.1) is 10.2 Å². The molecule has 0 fully saturated rings. The van der Waals surface area contributed by atoms with Crippen molar-refractivity contribution in [3.8, 4) is 0 Å². The van der Waals surface area contributed by atoms with Crippen LogP contribution in [0.2, 0.25) is 0 Å². The van der Waals surface area contributed by atoms with Gasteiger partial charge in [0.2, 0.25) is 17.7 Å². The maximum Gasteiger partial charge on any atom is 0.277 e. The van der Waals surface area contributed by atoms with Crippen LogP contribution >= 0.6 is 11.8 Å². The van der Waals surface area contributed by atoms with Crippen molar-refractivity contribution in [1.29, 1.82) is 0 Å². The van der Waals surface area contributed by atoms with E-state index in [1.807, 2.05) is 13.8 Å². The highest BCUT2D eigenvalue weighted by molar-refractivity contribution is 7.99. The maximum atomic E-state index is 11.6. The lowest BCUT2D eigenvalue weighted by Crippen LogP contribution is -2.48. The third kappa shape index (κ3) is 4.36. The molecule has 2 amide bonds. The highest BCUT2D eigenvalue weighted by Crippen LogP contribution is 2.15. The highest BCUT2D eigenvalue weighted by Gasteiger charge is 2.21. The van der Waals surface area contributed by atoms with E-state index >= 15 is 0 Å². The number of thioether (sulfide) groups is 1. The van der Waals surface area contributed by atoms with Gasteiger partial charge in [-0.25, -0.2) is 0 Å². The SMILES string of the molecule is Cc1nnc(SCC(=O)N[C@H](C(N)=O)C(C)C)o1. The summed E-state index contributed by atoms with van der Waals surface area (Å²) in [5, 5.41) is 10.3. The lowest BCUT2D eigenvalue weighted by molar-refractivity contribution is -0.126. The molecular weight excluding hydrogens is 256 g/mol. The molecule has 3 N–H and O–H groups in total. The van der Waals surface area contributed by atoms with Crippen LogP contribution < -0.4 is 11.1 Å². The molecule has 8 heteroatoms. The van der Waals surface area contributed by atoms with Crippen molar-refractivity contribution < 1.29 is 14.0 Å². The van der Waals surface area contributed by atoms with Crippen LogP contribution in [0.25, 0.3) is 0 Å². The van der Waals surface area contributed by atoms with E-state index in [1.165, 1.54) is 0 Å². The first-order valence-electron chi connectivity index (χ1n) is 5.41. The van der Waals surface area contributed by atoms with Crippen LogP contribution in [0.1, 0.15) is 19.7 Å². The molecule has 0 radical (unpaired) electrons. The zero-order valence-corrected chi connectivity index (χ0v) is 11.3. The fourth-order valence-corrected chi connectivity index (χ4v) is 1.86. The molecule has 1 aromatic rings. The summed E-state index contributed by atoms with van der Waals surface area (Å²) >= 11 is 1.11. The number of amides is 2. The van der Waals surface area contributed by atoms with Gasteiger partial charge in [0, 0.05) is 6.92 Å². The van der Waals surface area contributed by atoms with E-state index in [1.54, 1.807) is 6.92 Å². The Morgan fingerprint density at radius 3 is 2.56 bits per heavy atom. The maximum absolute atomic E-state index is 11.6. The second kappa shape index (κ2) is 6.39. The molecule has 0 saturated heterocycles. The first-order chi connectivity index (χ1) is 8.40. The normalized spacial score (nSPS) is 12.4. The second-order valence-electron chi connectivity index (χ2n) is 4.07. The Hall–Kier alpha value is -1.57. The van der Waals surface area contributed by atoms with Crippen molar-refractivity contribution >= 4 is 23.6 Å². The van der Waals surface area contributed by atoms with Crippen molar-refractivity contribution in [3.63, 3.8) is 0 Å². The summed E-state index contributed by atoms with van der Waals surface area (Å²) in [5.41, 5.74) is 5.20. The van der Waals surface area contributed by atoms with E-state index in [0.717, 1.165) is 11.8 Å². The van der Waals surface area contributed by atoms with Gasteiger partial charge < -0.3 is 15.5 Å². The summed E-state index contributed by atoms with van der Waals surface area (Å²) in [7, 11) is 0. The van der Waals surface area contributed by atoms with Gasteiger partial charge in [-0.05, 0) is 5.92 Å². The van der Waals surface area contributed by atoms with Crippen LogP contribution in [0.15, 0.2) is 9.64 Å². The number of carbonyl (C=O) groups is 2. The zero-order valence-electron chi connectivity index (χ0n) is 10.5. The predicted octanol–water partition coefficient (Wildman–Crippen LogP) is 0.0962. The summed E-state index contributed by atoms with van der Waals surface area (Å²) in [6.07, 6.45) is 0. The number of nitrogens with zero attached hydrogens (tertiary/aromatic N) is 2. The summed E-state index contributed by atoms with van der Waals surface area (Å²) in [6.45, 7) is 5.29. The number of rotatable bonds is 6. The molecular formula is C10H16N4O3S. The van der Waals surface area contributed by atoms with E-state index in [2.05, 4.69) is 15.5 Å². The van der Waals surface area contributed by atoms with E-state index in [9.17, 15) is 9.59 Å². The highest BCUT2D eigenvalue weighted by atomic mass is 32.2. The van der Waals surface area contributed by atoms with Crippen molar-refractivity contribution in [3.05, 3.63) is 5.89 Å². The van der Waals surface area contributed by atoms with Crippen molar-refractivity contribution in [2.75, 3.05) is 5.75 Å². The number of nitrogens with two attached hydrogens (primary N) is 1. The van der Waals surface area contributed by atoms with Crippen LogP contribution in [0.3, 0.4) is 0 Å². The first-order valence-corrected chi connectivity index (χ1v) is 6.40. The molecule has 7 nitrogen and oxygen atoms in total. The molecule has 0 bridgehead atoms. The minimum Gasteiger partial charge on any atom is -0.416 e. The molecule has 0 aliphatic carbocycles. The fraction of sp³-hybridized carbons (Fsp3) is 0.600. The van der Waals surface area contributed by atoms with Gasteiger partial charge in [-0.2, -0.15) is 0 Å². The summed E-state index contributed by atoms with van der Waals surface area (Å²) in [5.74, 6) is -0.361. The molecule has 0 aliphatic heterocycles. The van der Waals surface area contributed by atoms with Gasteiger partial charge in [0.05, 0.1) is 5.75 Å². The van der Waals surface area contributed by atoms with Crippen molar-refractivity contribution in [2.24, 2.45) is 11.7 Å². The van der Waals surface area contributed by atoms with Crippen molar-refractivity contribution in [1.82, 2.24) is 15.5 Å². The average molecular weight is 272 g/mol. The average Bonchev–Trinajstić information content (AvgIpc) is 2.68. The van der Waals surface area contributed by atoms with Crippen LogP contribution in [0.4, 0.5) is 0 Å². The number of nitrogens with one attached hydrogen (secondary N) is 1. The summed E-state index contributed by atoms with van der Waals surface area (Å²) < 4.78 is 5.10. The second-order valence-corrected chi connectivity index (χ2v) is 4.99. The molecule has 100 valence electrons. The monoisotopic (exact) mass is 272 g/mol. The molecule has 1 rings (SSSR count). The molecule has 18 heavy (non-hydrogen) atoms. The Bertz CT molecular complexity index is 433. The Kier molecular flexibility index (Phi) is 5.14.